The van der Waals surface area contributed by atoms with Crippen molar-refractivity contribution >= 4 is 11.0 Å². The highest BCUT2D eigenvalue weighted by Crippen LogP contribution is 2.47. The molecule has 0 aliphatic heterocycles. The zero-order valence-electron chi connectivity index (χ0n) is 11.0. The molecule has 2 nitrogen and oxygen atoms in total. The quantitative estimate of drug-likeness (QED) is 0.734. The van der Waals surface area contributed by atoms with E-state index in [0.29, 0.717) is 6.04 Å². The third-order valence-electron chi connectivity index (χ3n) is 5.00. The van der Waals surface area contributed by atoms with Gasteiger partial charge in [-0.1, -0.05) is 25.0 Å². The van der Waals surface area contributed by atoms with Crippen molar-refractivity contribution < 1.29 is 0 Å². The van der Waals surface area contributed by atoms with Crippen LogP contribution in [0, 0.1) is 18.8 Å². The van der Waals surface area contributed by atoms with Crippen LogP contribution < -0.4 is 0 Å². The molecule has 2 fully saturated rings. The van der Waals surface area contributed by atoms with E-state index in [1.54, 1.807) is 0 Å². The molecule has 2 aliphatic carbocycles. The first-order valence-corrected chi connectivity index (χ1v) is 7.25. The lowest BCUT2D eigenvalue weighted by Crippen LogP contribution is -2.20. The third kappa shape index (κ3) is 1.51. The van der Waals surface area contributed by atoms with Crippen LogP contribution in [-0.4, -0.2) is 9.55 Å². The van der Waals surface area contributed by atoms with Crippen molar-refractivity contribution in [2.45, 2.75) is 45.1 Å². The van der Waals surface area contributed by atoms with E-state index in [1.165, 1.54) is 43.4 Å². The van der Waals surface area contributed by atoms with Gasteiger partial charge >= 0.3 is 0 Å². The highest BCUT2D eigenvalue weighted by molar-refractivity contribution is 5.76. The lowest BCUT2D eigenvalue weighted by Gasteiger charge is -2.30. The summed E-state index contributed by atoms with van der Waals surface area (Å²) in [6.45, 7) is 2.16. The average Bonchev–Trinajstić information content (AvgIpc) is 2.88. The minimum atomic E-state index is 0.698. The Bertz CT molecular complexity index is 572. The van der Waals surface area contributed by atoms with Crippen LogP contribution in [-0.2, 0) is 0 Å². The van der Waals surface area contributed by atoms with Gasteiger partial charge in [-0.3, -0.25) is 0 Å². The summed E-state index contributed by atoms with van der Waals surface area (Å²) in [5, 5.41) is 0. The van der Waals surface area contributed by atoms with Crippen molar-refractivity contribution in [3.05, 3.63) is 30.1 Å². The van der Waals surface area contributed by atoms with Gasteiger partial charge in [0.2, 0.25) is 0 Å². The molecule has 2 saturated carbocycles. The van der Waals surface area contributed by atoms with E-state index in [9.17, 15) is 0 Å². The summed E-state index contributed by atoms with van der Waals surface area (Å²) in [4.78, 5) is 4.72. The smallest absolute Gasteiger partial charge is 0.106 e. The zero-order chi connectivity index (χ0) is 12.1. The summed E-state index contributed by atoms with van der Waals surface area (Å²) in [6.07, 6.45) is 7.16. The Morgan fingerprint density at radius 1 is 1.06 bits per heavy atom. The van der Waals surface area contributed by atoms with Crippen LogP contribution >= 0.6 is 0 Å². The van der Waals surface area contributed by atoms with Gasteiger partial charge in [0.15, 0.2) is 0 Å². The maximum Gasteiger partial charge on any atom is 0.106 e. The number of aromatic nitrogens is 2. The van der Waals surface area contributed by atoms with E-state index in [0.717, 1.165) is 17.4 Å². The fraction of sp³-hybridized carbons (Fsp3) is 0.562. The fourth-order valence-corrected chi connectivity index (χ4v) is 4.31. The van der Waals surface area contributed by atoms with Gasteiger partial charge in [-0.25, -0.2) is 4.98 Å². The Hall–Kier alpha value is -1.31. The van der Waals surface area contributed by atoms with Gasteiger partial charge in [-0.2, -0.15) is 0 Å². The molecule has 4 rings (SSSR count). The standard InChI is InChI=1S/C16H20N2/c1-11-17-15-4-2-3-5-16(15)18(11)14-9-12-6-7-13(8-12)10-14/h2-5,12-14H,6-10H2,1H3/t12-,13+,14-. The van der Waals surface area contributed by atoms with E-state index < -0.39 is 0 Å². The number of rotatable bonds is 1. The molecule has 3 atom stereocenters. The van der Waals surface area contributed by atoms with E-state index in [1.807, 2.05) is 0 Å². The summed E-state index contributed by atoms with van der Waals surface area (Å²) >= 11 is 0. The number of hydrogen-bond acceptors (Lipinski definition) is 1. The van der Waals surface area contributed by atoms with Crippen molar-refractivity contribution in [1.82, 2.24) is 9.55 Å². The molecule has 2 heteroatoms. The molecule has 0 radical (unpaired) electrons. The highest BCUT2D eigenvalue weighted by atomic mass is 15.1. The first kappa shape index (κ1) is 10.6. The number of para-hydroxylation sites is 2. The van der Waals surface area contributed by atoms with E-state index in [2.05, 4.69) is 35.8 Å². The normalized spacial score (nSPS) is 31.1. The van der Waals surface area contributed by atoms with Crippen molar-refractivity contribution in [1.29, 1.82) is 0 Å². The van der Waals surface area contributed by atoms with Crippen molar-refractivity contribution in [2.24, 2.45) is 11.8 Å². The fourth-order valence-electron chi connectivity index (χ4n) is 4.31. The first-order valence-electron chi connectivity index (χ1n) is 7.25. The average molecular weight is 240 g/mol. The van der Waals surface area contributed by atoms with E-state index in [-0.39, 0.29) is 0 Å². The van der Waals surface area contributed by atoms with Gasteiger partial charge in [-0.05, 0) is 50.2 Å². The lowest BCUT2D eigenvalue weighted by molar-refractivity contribution is 0.263. The Kier molecular flexibility index (Phi) is 2.26. The number of benzene rings is 1. The van der Waals surface area contributed by atoms with Crippen LogP contribution in [0.1, 0.15) is 44.0 Å². The van der Waals surface area contributed by atoms with Crippen LogP contribution in [0.5, 0.6) is 0 Å². The molecule has 18 heavy (non-hydrogen) atoms. The largest absolute Gasteiger partial charge is 0.325 e. The predicted molar refractivity (Wildman–Crippen MR) is 73.6 cm³/mol. The van der Waals surface area contributed by atoms with Crippen molar-refractivity contribution in [3.63, 3.8) is 0 Å². The van der Waals surface area contributed by atoms with Gasteiger partial charge in [0.05, 0.1) is 11.0 Å². The van der Waals surface area contributed by atoms with Crippen LogP contribution in [0.4, 0.5) is 0 Å². The van der Waals surface area contributed by atoms with Gasteiger partial charge in [0.25, 0.3) is 0 Å². The minimum Gasteiger partial charge on any atom is -0.325 e. The van der Waals surface area contributed by atoms with Gasteiger partial charge in [-0.15, -0.1) is 0 Å². The number of hydrogen-bond donors (Lipinski definition) is 0. The Balaban J connectivity index is 1.80. The molecule has 0 N–H and O–H groups in total. The predicted octanol–water partition coefficient (Wildman–Crippen LogP) is 4.10. The molecule has 1 aromatic heterocycles. The molecular weight excluding hydrogens is 220 g/mol. The number of aryl methyl sites for hydroxylation is 1. The molecular formula is C16H20N2. The molecule has 2 aromatic rings. The van der Waals surface area contributed by atoms with Crippen molar-refractivity contribution in [2.75, 3.05) is 0 Å². The van der Waals surface area contributed by atoms with E-state index in [4.69, 9.17) is 4.98 Å². The number of fused-ring (bicyclic) bond motifs is 3. The van der Waals surface area contributed by atoms with Crippen LogP contribution in [0.15, 0.2) is 24.3 Å². The molecule has 2 bridgehead atoms. The maximum absolute atomic E-state index is 4.72. The van der Waals surface area contributed by atoms with Gasteiger partial charge in [0, 0.05) is 6.04 Å². The van der Waals surface area contributed by atoms with Crippen LogP contribution in [0.3, 0.4) is 0 Å². The second-order valence-electron chi connectivity index (χ2n) is 6.19. The SMILES string of the molecule is Cc1nc2ccccc2n1[C@@H]1C[C@@H]2CC[C@@H](C2)C1. The summed E-state index contributed by atoms with van der Waals surface area (Å²) < 4.78 is 2.51. The molecule has 0 unspecified atom stereocenters. The summed E-state index contributed by atoms with van der Waals surface area (Å²) in [6, 6.07) is 9.28. The minimum absolute atomic E-state index is 0.698. The van der Waals surface area contributed by atoms with Gasteiger partial charge < -0.3 is 4.57 Å². The highest BCUT2D eigenvalue weighted by Gasteiger charge is 2.35. The summed E-state index contributed by atoms with van der Waals surface area (Å²) in [7, 11) is 0. The Morgan fingerprint density at radius 3 is 2.56 bits per heavy atom. The summed E-state index contributed by atoms with van der Waals surface area (Å²) in [5.41, 5.74) is 2.49. The van der Waals surface area contributed by atoms with Gasteiger partial charge in [0.1, 0.15) is 5.82 Å². The van der Waals surface area contributed by atoms with Crippen LogP contribution in [0.25, 0.3) is 11.0 Å². The van der Waals surface area contributed by atoms with Crippen molar-refractivity contribution in [3.8, 4) is 0 Å². The van der Waals surface area contributed by atoms with E-state index >= 15 is 0 Å². The molecule has 1 heterocycles. The topological polar surface area (TPSA) is 17.8 Å². The Labute approximate surface area is 108 Å². The van der Waals surface area contributed by atoms with Crippen LogP contribution in [0.2, 0.25) is 0 Å². The molecule has 2 aliphatic rings. The Morgan fingerprint density at radius 2 is 1.78 bits per heavy atom. The summed E-state index contributed by atoms with van der Waals surface area (Å²) in [5.74, 6) is 3.16. The number of nitrogens with zero attached hydrogens (tertiary/aromatic N) is 2. The maximum atomic E-state index is 4.72. The second-order valence-corrected chi connectivity index (χ2v) is 6.19. The lowest BCUT2D eigenvalue weighted by atomic mass is 9.85. The third-order valence-corrected chi connectivity index (χ3v) is 5.00. The molecule has 94 valence electrons. The molecule has 0 saturated heterocycles. The molecule has 0 spiro atoms. The number of imidazole rings is 1. The first-order chi connectivity index (χ1) is 8.81. The monoisotopic (exact) mass is 240 g/mol. The zero-order valence-corrected chi connectivity index (χ0v) is 11.0. The molecule has 1 aromatic carbocycles. The second kappa shape index (κ2) is 3.84. The molecule has 0 amide bonds.